The van der Waals surface area contributed by atoms with Gasteiger partial charge in [0.15, 0.2) is 0 Å². The molecule has 0 atom stereocenters. The lowest BCUT2D eigenvalue weighted by atomic mass is 10.1. The summed E-state index contributed by atoms with van der Waals surface area (Å²) in [5.74, 6) is -0.0799. The lowest BCUT2D eigenvalue weighted by molar-refractivity contribution is -0.113. The SMILES string of the molecule is O=C(CSc1cccc2cccc(Cl)c12)Nc1cc(Br)c[nH]c1=O. The number of carbonyl (C=O) groups excluding carboxylic acids is 1. The average molecular weight is 424 g/mol. The summed E-state index contributed by atoms with van der Waals surface area (Å²) in [5.41, 5.74) is -0.129. The standard InChI is InChI=1S/C17H12BrClN2O2S/c18-11-7-13(17(23)20-8-11)21-15(22)9-24-14-6-2-4-10-3-1-5-12(19)16(10)14/h1-8H,9H2,(H,20,23)(H,21,22). The normalized spacial score (nSPS) is 10.8. The first-order chi connectivity index (χ1) is 11.5. The van der Waals surface area contributed by atoms with Crippen LogP contribution in [0.3, 0.4) is 0 Å². The van der Waals surface area contributed by atoms with E-state index in [2.05, 4.69) is 26.2 Å². The van der Waals surface area contributed by atoms with Crippen LogP contribution in [0.4, 0.5) is 5.69 Å². The molecule has 1 amide bonds. The van der Waals surface area contributed by atoms with Gasteiger partial charge in [-0.15, -0.1) is 11.8 Å². The number of carbonyl (C=O) groups is 1. The quantitative estimate of drug-likeness (QED) is 0.599. The van der Waals surface area contributed by atoms with E-state index in [9.17, 15) is 9.59 Å². The fourth-order valence-corrected chi connectivity index (χ4v) is 3.85. The number of rotatable bonds is 4. The van der Waals surface area contributed by atoms with Gasteiger partial charge in [-0.05, 0) is 39.5 Å². The van der Waals surface area contributed by atoms with Crippen LogP contribution in [-0.4, -0.2) is 16.6 Å². The van der Waals surface area contributed by atoms with E-state index in [0.717, 1.165) is 15.7 Å². The van der Waals surface area contributed by atoms with Crippen LogP contribution in [0.15, 0.2) is 62.8 Å². The Hall–Kier alpha value is -1.76. The molecule has 0 saturated heterocycles. The van der Waals surface area contributed by atoms with Crippen LogP contribution in [0.1, 0.15) is 0 Å². The zero-order valence-electron chi connectivity index (χ0n) is 12.3. The Morgan fingerprint density at radius 2 is 2.00 bits per heavy atom. The van der Waals surface area contributed by atoms with E-state index >= 15 is 0 Å². The van der Waals surface area contributed by atoms with Crippen molar-refractivity contribution in [2.75, 3.05) is 11.1 Å². The highest BCUT2D eigenvalue weighted by atomic mass is 79.9. The highest BCUT2D eigenvalue weighted by Crippen LogP contribution is 2.33. The first-order valence-corrected chi connectivity index (χ1v) is 9.18. The Labute approximate surface area is 155 Å². The van der Waals surface area contributed by atoms with Crippen molar-refractivity contribution in [3.8, 4) is 0 Å². The number of aromatic amines is 1. The van der Waals surface area contributed by atoms with Crippen LogP contribution in [0.5, 0.6) is 0 Å². The molecule has 122 valence electrons. The van der Waals surface area contributed by atoms with Crippen molar-refractivity contribution in [3.05, 3.63) is 68.5 Å². The van der Waals surface area contributed by atoms with Crippen LogP contribution < -0.4 is 10.9 Å². The molecule has 0 fully saturated rings. The topological polar surface area (TPSA) is 62.0 Å². The Bertz CT molecular complexity index is 969. The minimum Gasteiger partial charge on any atom is -0.326 e. The molecule has 0 spiro atoms. The predicted octanol–water partition coefficient (Wildman–Crippen LogP) is 4.67. The fourth-order valence-electron chi connectivity index (χ4n) is 2.26. The van der Waals surface area contributed by atoms with Crippen molar-refractivity contribution in [3.63, 3.8) is 0 Å². The molecule has 0 radical (unpaired) electrons. The second kappa shape index (κ2) is 7.42. The molecule has 0 aliphatic heterocycles. The van der Waals surface area contributed by atoms with Gasteiger partial charge in [0.25, 0.3) is 5.56 Å². The van der Waals surface area contributed by atoms with Gasteiger partial charge in [-0.2, -0.15) is 0 Å². The Morgan fingerprint density at radius 1 is 1.25 bits per heavy atom. The van der Waals surface area contributed by atoms with E-state index in [1.165, 1.54) is 18.0 Å². The van der Waals surface area contributed by atoms with Gasteiger partial charge in [0.2, 0.25) is 5.91 Å². The molecule has 3 aromatic rings. The molecule has 3 rings (SSSR count). The van der Waals surface area contributed by atoms with Gasteiger partial charge >= 0.3 is 0 Å². The molecule has 7 heteroatoms. The smallest absolute Gasteiger partial charge is 0.271 e. The second-order valence-corrected chi connectivity index (χ2v) is 7.33. The molecule has 0 aliphatic rings. The Kier molecular flexibility index (Phi) is 5.28. The number of fused-ring (bicyclic) bond motifs is 1. The largest absolute Gasteiger partial charge is 0.326 e. The van der Waals surface area contributed by atoms with E-state index in [4.69, 9.17) is 11.6 Å². The molecule has 0 aliphatic carbocycles. The Morgan fingerprint density at radius 3 is 2.79 bits per heavy atom. The molecular weight excluding hydrogens is 412 g/mol. The van der Waals surface area contributed by atoms with Gasteiger partial charge in [0.05, 0.1) is 5.75 Å². The number of nitrogens with one attached hydrogen (secondary N) is 2. The number of benzene rings is 2. The van der Waals surface area contributed by atoms with Crippen molar-refractivity contribution < 1.29 is 4.79 Å². The van der Waals surface area contributed by atoms with Gasteiger partial charge in [-0.25, -0.2) is 0 Å². The molecule has 2 aromatic carbocycles. The average Bonchev–Trinajstić information content (AvgIpc) is 2.56. The van der Waals surface area contributed by atoms with Crippen LogP contribution >= 0.6 is 39.3 Å². The molecule has 4 nitrogen and oxygen atoms in total. The summed E-state index contributed by atoms with van der Waals surface area (Å²) >= 11 is 10.9. The van der Waals surface area contributed by atoms with Crippen molar-refractivity contribution in [1.29, 1.82) is 0 Å². The maximum atomic E-state index is 12.1. The highest BCUT2D eigenvalue weighted by molar-refractivity contribution is 9.10. The maximum Gasteiger partial charge on any atom is 0.271 e. The number of hydrogen-bond donors (Lipinski definition) is 2. The monoisotopic (exact) mass is 422 g/mol. The third kappa shape index (κ3) is 3.83. The van der Waals surface area contributed by atoms with Gasteiger partial charge in [-0.1, -0.05) is 35.9 Å². The highest BCUT2D eigenvalue weighted by Gasteiger charge is 2.10. The predicted molar refractivity (Wildman–Crippen MR) is 103 cm³/mol. The maximum absolute atomic E-state index is 12.1. The molecule has 0 unspecified atom stereocenters. The number of hydrogen-bond acceptors (Lipinski definition) is 3. The zero-order chi connectivity index (χ0) is 17.1. The Balaban J connectivity index is 1.75. The third-order valence-corrected chi connectivity index (χ3v) is 5.15. The number of halogens is 2. The number of anilines is 1. The first-order valence-electron chi connectivity index (χ1n) is 7.03. The fraction of sp³-hybridized carbons (Fsp3) is 0.0588. The van der Waals surface area contributed by atoms with Crippen LogP contribution in [0.2, 0.25) is 5.02 Å². The number of pyridine rings is 1. The van der Waals surface area contributed by atoms with Crippen LogP contribution in [0.25, 0.3) is 10.8 Å². The summed E-state index contributed by atoms with van der Waals surface area (Å²) < 4.78 is 0.686. The van der Waals surface area contributed by atoms with Crippen LogP contribution in [-0.2, 0) is 4.79 Å². The summed E-state index contributed by atoms with van der Waals surface area (Å²) in [4.78, 5) is 27.3. The molecule has 0 bridgehead atoms. The van der Waals surface area contributed by atoms with Crippen molar-refractivity contribution in [2.45, 2.75) is 4.90 Å². The summed E-state index contributed by atoms with van der Waals surface area (Å²) in [6, 6.07) is 13.1. The molecule has 1 aromatic heterocycles. The molecule has 1 heterocycles. The molecule has 0 saturated carbocycles. The van der Waals surface area contributed by atoms with E-state index < -0.39 is 0 Å². The van der Waals surface area contributed by atoms with E-state index in [-0.39, 0.29) is 22.9 Å². The summed E-state index contributed by atoms with van der Waals surface area (Å²) in [5, 5.41) is 5.22. The van der Waals surface area contributed by atoms with E-state index in [1.807, 2.05) is 36.4 Å². The van der Waals surface area contributed by atoms with Crippen molar-refractivity contribution in [2.24, 2.45) is 0 Å². The number of aromatic nitrogens is 1. The van der Waals surface area contributed by atoms with Crippen molar-refractivity contribution >= 4 is 61.7 Å². The minimum atomic E-state index is -0.343. The number of H-pyrrole nitrogens is 1. The number of amides is 1. The summed E-state index contributed by atoms with van der Waals surface area (Å²) in [6.07, 6.45) is 1.52. The van der Waals surface area contributed by atoms with Gasteiger partial charge < -0.3 is 10.3 Å². The van der Waals surface area contributed by atoms with Gasteiger partial charge in [0.1, 0.15) is 5.69 Å². The third-order valence-electron chi connectivity index (χ3n) is 3.32. The minimum absolute atomic E-state index is 0.177. The molecular formula is C17H12BrClN2O2S. The van der Waals surface area contributed by atoms with Crippen molar-refractivity contribution in [1.82, 2.24) is 4.98 Å². The van der Waals surface area contributed by atoms with Crippen LogP contribution in [0, 0.1) is 0 Å². The van der Waals surface area contributed by atoms with Gasteiger partial charge in [0, 0.05) is 26.0 Å². The molecule has 2 N–H and O–H groups in total. The zero-order valence-corrected chi connectivity index (χ0v) is 15.5. The number of thioether (sulfide) groups is 1. The second-order valence-electron chi connectivity index (χ2n) is 4.99. The van der Waals surface area contributed by atoms with E-state index in [0.29, 0.717) is 9.50 Å². The summed E-state index contributed by atoms with van der Waals surface area (Å²) in [6.45, 7) is 0. The summed E-state index contributed by atoms with van der Waals surface area (Å²) in [7, 11) is 0. The first kappa shape index (κ1) is 17.1. The molecule has 24 heavy (non-hydrogen) atoms. The lowest BCUT2D eigenvalue weighted by Gasteiger charge is -2.08. The van der Waals surface area contributed by atoms with Gasteiger partial charge in [-0.3, -0.25) is 9.59 Å². The lowest BCUT2D eigenvalue weighted by Crippen LogP contribution is -2.20. The van der Waals surface area contributed by atoms with E-state index in [1.54, 1.807) is 6.07 Å².